The number of anilines is 2. The normalized spacial score (nSPS) is 17.8. The van der Waals surface area contributed by atoms with Crippen LogP contribution >= 0.6 is 11.3 Å². The zero-order valence-corrected chi connectivity index (χ0v) is 12.7. The van der Waals surface area contributed by atoms with Crippen molar-refractivity contribution in [1.82, 2.24) is 9.97 Å². The maximum atomic E-state index is 12.3. The molecule has 0 bridgehead atoms. The molecule has 1 saturated heterocycles. The molecule has 0 aromatic carbocycles. The lowest BCUT2D eigenvalue weighted by Crippen LogP contribution is -2.41. The van der Waals surface area contributed by atoms with Crippen LogP contribution < -0.4 is 10.2 Å². The molecule has 0 unspecified atom stereocenters. The molecule has 22 heavy (non-hydrogen) atoms. The van der Waals surface area contributed by atoms with E-state index in [1.807, 2.05) is 11.4 Å². The fraction of sp³-hybridized carbons (Fsp3) is 0.333. The highest BCUT2D eigenvalue weighted by atomic mass is 32.1. The quantitative estimate of drug-likeness (QED) is 0.940. The summed E-state index contributed by atoms with van der Waals surface area (Å²) < 4.78 is 0. The van der Waals surface area contributed by atoms with E-state index in [1.54, 1.807) is 18.5 Å². The van der Waals surface area contributed by atoms with E-state index >= 15 is 0 Å². The Morgan fingerprint density at radius 3 is 3.05 bits per heavy atom. The van der Waals surface area contributed by atoms with Crippen LogP contribution in [0.5, 0.6) is 0 Å². The topological polar surface area (TPSA) is 81.9 Å². The number of carbonyl (C=O) groups excluding carboxylic acids is 1. The van der Waals surface area contributed by atoms with Gasteiger partial charge in [-0.05, 0) is 25.0 Å². The van der Waals surface area contributed by atoms with Gasteiger partial charge in [-0.1, -0.05) is 0 Å². The molecule has 1 atom stereocenters. The van der Waals surface area contributed by atoms with Crippen molar-refractivity contribution in [2.45, 2.75) is 12.8 Å². The third-order valence-electron chi connectivity index (χ3n) is 3.66. The Kier molecular flexibility index (Phi) is 4.30. The number of carbonyl (C=O) groups is 1. The number of amides is 1. The van der Waals surface area contributed by atoms with Crippen LogP contribution in [-0.2, 0) is 4.79 Å². The molecule has 112 valence electrons. The predicted molar refractivity (Wildman–Crippen MR) is 84.6 cm³/mol. The fourth-order valence-electron chi connectivity index (χ4n) is 2.53. The van der Waals surface area contributed by atoms with Gasteiger partial charge in [0.15, 0.2) is 5.13 Å². The van der Waals surface area contributed by atoms with E-state index in [4.69, 9.17) is 5.26 Å². The van der Waals surface area contributed by atoms with Crippen LogP contribution in [0.3, 0.4) is 0 Å². The lowest BCUT2D eigenvalue weighted by atomic mass is 9.97. The Bertz CT molecular complexity index is 677. The predicted octanol–water partition coefficient (Wildman–Crippen LogP) is 2.26. The second-order valence-corrected chi connectivity index (χ2v) is 6.02. The van der Waals surface area contributed by atoms with Crippen molar-refractivity contribution in [2.24, 2.45) is 5.92 Å². The van der Waals surface area contributed by atoms with Crippen molar-refractivity contribution >= 4 is 28.2 Å². The van der Waals surface area contributed by atoms with Crippen LogP contribution in [0.1, 0.15) is 18.4 Å². The summed E-state index contributed by atoms with van der Waals surface area (Å²) in [5, 5.41) is 14.1. The average molecular weight is 313 g/mol. The third kappa shape index (κ3) is 3.23. The van der Waals surface area contributed by atoms with E-state index in [2.05, 4.69) is 26.3 Å². The van der Waals surface area contributed by atoms with E-state index in [-0.39, 0.29) is 11.8 Å². The highest BCUT2D eigenvalue weighted by Crippen LogP contribution is 2.23. The van der Waals surface area contributed by atoms with Gasteiger partial charge in [-0.2, -0.15) is 5.26 Å². The Balaban J connectivity index is 1.65. The molecule has 2 aromatic rings. The minimum Gasteiger partial charge on any atom is -0.356 e. The molecule has 1 aliphatic heterocycles. The summed E-state index contributed by atoms with van der Waals surface area (Å²) in [7, 11) is 0. The monoisotopic (exact) mass is 313 g/mol. The van der Waals surface area contributed by atoms with Crippen molar-refractivity contribution in [2.75, 3.05) is 23.3 Å². The van der Waals surface area contributed by atoms with Crippen LogP contribution in [0.2, 0.25) is 0 Å². The molecule has 0 aliphatic carbocycles. The zero-order valence-electron chi connectivity index (χ0n) is 11.9. The van der Waals surface area contributed by atoms with E-state index in [9.17, 15) is 4.79 Å². The highest BCUT2D eigenvalue weighted by molar-refractivity contribution is 7.13. The number of rotatable bonds is 3. The average Bonchev–Trinajstić information content (AvgIpc) is 3.08. The number of piperidine rings is 1. The highest BCUT2D eigenvalue weighted by Gasteiger charge is 2.26. The number of thiazole rings is 1. The smallest absolute Gasteiger partial charge is 0.231 e. The lowest BCUT2D eigenvalue weighted by Gasteiger charge is -2.32. The van der Waals surface area contributed by atoms with E-state index in [0.29, 0.717) is 17.2 Å². The van der Waals surface area contributed by atoms with Gasteiger partial charge in [-0.3, -0.25) is 4.79 Å². The largest absolute Gasteiger partial charge is 0.356 e. The molecule has 3 rings (SSSR count). The third-order valence-corrected chi connectivity index (χ3v) is 4.34. The second-order valence-electron chi connectivity index (χ2n) is 5.13. The van der Waals surface area contributed by atoms with E-state index < -0.39 is 0 Å². The van der Waals surface area contributed by atoms with Crippen LogP contribution in [0.15, 0.2) is 29.9 Å². The first-order valence-corrected chi connectivity index (χ1v) is 7.95. The van der Waals surface area contributed by atoms with Crippen LogP contribution in [0.4, 0.5) is 10.9 Å². The SMILES string of the molecule is N#Cc1ccc(N2CCC[C@@H](C(=O)Nc3nccs3)C2)nc1. The summed E-state index contributed by atoms with van der Waals surface area (Å²) in [5.41, 5.74) is 0.541. The van der Waals surface area contributed by atoms with Gasteiger partial charge in [0.2, 0.25) is 5.91 Å². The molecule has 1 amide bonds. The lowest BCUT2D eigenvalue weighted by molar-refractivity contribution is -0.120. The number of nitrogens with one attached hydrogen (secondary N) is 1. The molecule has 1 aliphatic rings. The fourth-order valence-corrected chi connectivity index (χ4v) is 3.06. The summed E-state index contributed by atoms with van der Waals surface area (Å²) >= 11 is 1.42. The molecule has 7 heteroatoms. The van der Waals surface area contributed by atoms with Gasteiger partial charge >= 0.3 is 0 Å². The first-order valence-electron chi connectivity index (χ1n) is 7.08. The molecule has 0 spiro atoms. The maximum Gasteiger partial charge on any atom is 0.231 e. The molecule has 0 radical (unpaired) electrons. The van der Waals surface area contributed by atoms with Crippen molar-refractivity contribution in [3.8, 4) is 6.07 Å². The molecule has 1 fully saturated rings. The van der Waals surface area contributed by atoms with Gasteiger partial charge in [-0.25, -0.2) is 9.97 Å². The van der Waals surface area contributed by atoms with Gasteiger partial charge in [0.1, 0.15) is 11.9 Å². The van der Waals surface area contributed by atoms with Gasteiger partial charge < -0.3 is 10.2 Å². The van der Waals surface area contributed by atoms with Crippen molar-refractivity contribution < 1.29 is 4.79 Å². The summed E-state index contributed by atoms with van der Waals surface area (Å²) in [4.78, 5) is 22.8. The van der Waals surface area contributed by atoms with E-state index in [1.165, 1.54) is 11.3 Å². The molecular weight excluding hydrogens is 298 g/mol. The Morgan fingerprint density at radius 1 is 1.45 bits per heavy atom. The maximum absolute atomic E-state index is 12.3. The summed E-state index contributed by atoms with van der Waals surface area (Å²) in [6, 6.07) is 5.64. The molecule has 2 aromatic heterocycles. The molecule has 3 heterocycles. The van der Waals surface area contributed by atoms with Crippen molar-refractivity contribution in [3.05, 3.63) is 35.5 Å². The molecule has 0 saturated carbocycles. The molecular formula is C15H15N5OS. The minimum atomic E-state index is -0.0740. The summed E-state index contributed by atoms with van der Waals surface area (Å²) in [5.74, 6) is 0.745. The van der Waals surface area contributed by atoms with Crippen LogP contribution in [0, 0.1) is 17.2 Å². The van der Waals surface area contributed by atoms with Crippen molar-refractivity contribution in [1.29, 1.82) is 5.26 Å². The molecule has 6 nitrogen and oxygen atoms in total. The molecule has 1 N–H and O–H groups in total. The summed E-state index contributed by atoms with van der Waals surface area (Å²) in [6.07, 6.45) is 5.05. The number of hydrogen-bond donors (Lipinski definition) is 1. The second kappa shape index (κ2) is 6.54. The first kappa shape index (κ1) is 14.5. The standard InChI is InChI=1S/C15H15N5OS/c16-8-11-3-4-13(18-9-11)20-6-1-2-12(10-20)14(21)19-15-17-5-7-22-15/h3-5,7,9,12H,1-2,6,10H2,(H,17,19,21)/t12-/m1/s1. The number of nitrogens with zero attached hydrogens (tertiary/aromatic N) is 4. The first-order chi connectivity index (χ1) is 10.8. The minimum absolute atomic E-state index is 0.00768. The Hall–Kier alpha value is -2.46. The van der Waals surface area contributed by atoms with Crippen LogP contribution in [0.25, 0.3) is 0 Å². The van der Waals surface area contributed by atoms with Gasteiger partial charge in [0.05, 0.1) is 11.5 Å². The van der Waals surface area contributed by atoms with Gasteiger partial charge in [0.25, 0.3) is 0 Å². The van der Waals surface area contributed by atoms with Gasteiger partial charge in [-0.15, -0.1) is 11.3 Å². The van der Waals surface area contributed by atoms with Crippen molar-refractivity contribution in [3.63, 3.8) is 0 Å². The number of hydrogen-bond acceptors (Lipinski definition) is 6. The van der Waals surface area contributed by atoms with Gasteiger partial charge in [0, 0.05) is 30.9 Å². The number of pyridine rings is 1. The van der Waals surface area contributed by atoms with E-state index in [0.717, 1.165) is 25.2 Å². The Labute approximate surface area is 132 Å². The number of aromatic nitrogens is 2. The number of nitriles is 1. The summed E-state index contributed by atoms with van der Waals surface area (Å²) in [6.45, 7) is 1.51. The van der Waals surface area contributed by atoms with Crippen LogP contribution in [-0.4, -0.2) is 29.0 Å². The Morgan fingerprint density at radius 2 is 2.36 bits per heavy atom. The zero-order chi connectivity index (χ0) is 15.4.